The van der Waals surface area contributed by atoms with Gasteiger partial charge in [-0.25, -0.2) is 0 Å². The summed E-state index contributed by atoms with van der Waals surface area (Å²) in [6, 6.07) is 0. The van der Waals surface area contributed by atoms with Gasteiger partial charge in [0.15, 0.2) is 0 Å². The maximum atomic E-state index is 4.55. The van der Waals surface area contributed by atoms with Crippen LogP contribution in [-0.2, 0) is 0 Å². The Bertz CT molecular complexity index is 425. The summed E-state index contributed by atoms with van der Waals surface area (Å²) < 4.78 is 0. The van der Waals surface area contributed by atoms with E-state index >= 15 is 0 Å². The van der Waals surface area contributed by atoms with Crippen LogP contribution in [0.1, 0.15) is 33.6 Å². The molecule has 2 nitrogen and oxygen atoms in total. The van der Waals surface area contributed by atoms with Gasteiger partial charge in [0.05, 0.1) is 5.54 Å². The number of piperidine rings is 1. The molecule has 0 aromatic carbocycles. The van der Waals surface area contributed by atoms with Crippen molar-refractivity contribution in [2.75, 3.05) is 0 Å². The molecule has 0 amide bonds. The normalized spacial score (nSPS) is 21.6. The van der Waals surface area contributed by atoms with Crippen molar-refractivity contribution >= 4 is 18.0 Å². The molecule has 19 heavy (non-hydrogen) atoms. The van der Waals surface area contributed by atoms with E-state index in [2.05, 4.69) is 50.8 Å². The Morgan fingerprint density at radius 3 is 2.63 bits per heavy atom. The maximum Gasteiger partial charge on any atom is 0.0524 e. The number of rotatable bonds is 4. The second-order valence-electron chi connectivity index (χ2n) is 5.63. The summed E-state index contributed by atoms with van der Waals surface area (Å²) >= 11 is 1.78. The molecule has 1 saturated heterocycles. The zero-order valence-corrected chi connectivity index (χ0v) is 13.0. The summed E-state index contributed by atoms with van der Waals surface area (Å²) in [6.45, 7) is 18.1. The number of hydrogen-bond donors (Lipinski definition) is 1. The Kier molecular flexibility index (Phi) is 5.67. The van der Waals surface area contributed by atoms with Gasteiger partial charge in [0.1, 0.15) is 0 Å². The predicted octanol–water partition coefficient (Wildman–Crippen LogP) is 4.44. The topological polar surface area (TPSA) is 24.4 Å². The summed E-state index contributed by atoms with van der Waals surface area (Å²) in [6.07, 6.45) is 7.79. The SMILES string of the molecule is C=C/C=C(\C=NC(C)(C)C)SC1CCC(=C)NC1=C. The third-order valence-electron chi connectivity index (χ3n) is 2.57. The Hall–Kier alpha value is -1.22. The molecule has 0 spiro atoms. The number of nitrogens with zero attached hydrogens (tertiary/aromatic N) is 1. The minimum absolute atomic E-state index is 0.0586. The zero-order valence-electron chi connectivity index (χ0n) is 12.2. The molecule has 1 aliphatic heterocycles. The van der Waals surface area contributed by atoms with Gasteiger partial charge in [-0.3, -0.25) is 4.99 Å². The number of thioether (sulfide) groups is 1. The van der Waals surface area contributed by atoms with Gasteiger partial charge >= 0.3 is 0 Å². The lowest BCUT2D eigenvalue weighted by molar-refractivity contribution is 0.587. The zero-order chi connectivity index (χ0) is 14.5. The smallest absolute Gasteiger partial charge is 0.0524 e. The molecule has 1 atom stereocenters. The van der Waals surface area contributed by atoms with E-state index in [1.807, 2.05) is 12.3 Å². The number of hydrogen-bond acceptors (Lipinski definition) is 3. The molecule has 1 N–H and O–H groups in total. The van der Waals surface area contributed by atoms with Crippen LogP contribution in [0.3, 0.4) is 0 Å². The third kappa shape index (κ3) is 5.97. The Morgan fingerprint density at radius 1 is 1.42 bits per heavy atom. The Balaban J connectivity index is 2.72. The van der Waals surface area contributed by atoms with Crippen LogP contribution < -0.4 is 5.32 Å². The number of nitrogens with one attached hydrogen (secondary N) is 1. The highest BCUT2D eigenvalue weighted by Gasteiger charge is 2.20. The van der Waals surface area contributed by atoms with Gasteiger partial charge in [-0.1, -0.05) is 25.8 Å². The molecule has 0 radical (unpaired) electrons. The van der Waals surface area contributed by atoms with Crippen molar-refractivity contribution in [3.05, 3.63) is 48.2 Å². The van der Waals surface area contributed by atoms with Gasteiger partial charge in [-0.2, -0.15) is 0 Å². The highest BCUT2D eigenvalue weighted by molar-refractivity contribution is 8.04. The fourth-order valence-electron chi connectivity index (χ4n) is 1.63. The maximum absolute atomic E-state index is 4.55. The summed E-state index contributed by atoms with van der Waals surface area (Å²) in [5, 5.41) is 3.61. The lowest BCUT2D eigenvalue weighted by Crippen LogP contribution is -2.26. The van der Waals surface area contributed by atoms with Gasteiger partial charge in [0.25, 0.3) is 0 Å². The fourth-order valence-corrected chi connectivity index (χ4v) is 2.68. The fraction of sp³-hybridized carbons (Fsp3) is 0.438. The van der Waals surface area contributed by atoms with E-state index in [-0.39, 0.29) is 5.54 Å². The monoisotopic (exact) mass is 276 g/mol. The van der Waals surface area contributed by atoms with Crippen LogP contribution in [0.5, 0.6) is 0 Å². The first-order valence-corrected chi connectivity index (χ1v) is 7.38. The first-order chi connectivity index (χ1) is 8.81. The molecule has 0 aromatic heterocycles. The van der Waals surface area contributed by atoms with Gasteiger partial charge in [0.2, 0.25) is 0 Å². The highest BCUT2D eigenvalue weighted by atomic mass is 32.2. The molecular weight excluding hydrogens is 252 g/mol. The van der Waals surface area contributed by atoms with Crippen molar-refractivity contribution in [3.8, 4) is 0 Å². The Morgan fingerprint density at radius 2 is 2.11 bits per heavy atom. The van der Waals surface area contributed by atoms with Crippen molar-refractivity contribution < 1.29 is 0 Å². The van der Waals surface area contributed by atoms with Crippen LogP contribution in [0, 0.1) is 0 Å². The van der Waals surface area contributed by atoms with E-state index in [4.69, 9.17) is 0 Å². The lowest BCUT2D eigenvalue weighted by Gasteiger charge is -2.27. The van der Waals surface area contributed by atoms with Gasteiger partial charge in [-0.05, 0) is 39.7 Å². The first kappa shape index (κ1) is 15.8. The van der Waals surface area contributed by atoms with Crippen molar-refractivity contribution in [2.45, 2.75) is 44.4 Å². The summed E-state index contributed by atoms with van der Waals surface area (Å²) in [7, 11) is 0. The van der Waals surface area contributed by atoms with Crippen LogP contribution in [0.2, 0.25) is 0 Å². The van der Waals surface area contributed by atoms with Crippen LogP contribution in [0.4, 0.5) is 0 Å². The van der Waals surface area contributed by atoms with Crippen LogP contribution in [0.15, 0.2) is 53.2 Å². The molecule has 1 heterocycles. The van der Waals surface area contributed by atoms with Crippen molar-refractivity contribution in [1.82, 2.24) is 5.32 Å². The molecule has 0 aliphatic carbocycles. The van der Waals surface area contributed by atoms with E-state index in [1.54, 1.807) is 17.8 Å². The molecule has 1 aliphatic rings. The van der Waals surface area contributed by atoms with Crippen molar-refractivity contribution in [2.24, 2.45) is 4.99 Å². The molecule has 0 aromatic rings. The number of allylic oxidation sites excluding steroid dienone is 4. The largest absolute Gasteiger partial charge is 0.362 e. The van der Waals surface area contributed by atoms with Crippen molar-refractivity contribution in [1.29, 1.82) is 0 Å². The molecule has 104 valence electrons. The molecule has 1 fully saturated rings. The average molecular weight is 276 g/mol. The molecule has 1 rings (SSSR count). The van der Waals surface area contributed by atoms with E-state index < -0.39 is 0 Å². The van der Waals surface area contributed by atoms with Crippen LogP contribution in [0.25, 0.3) is 0 Å². The highest BCUT2D eigenvalue weighted by Crippen LogP contribution is 2.32. The number of aliphatic imine (C=N–C) groups is 1. The van der Waals surface area contributed by atoms with Gasteiger partial charge in [0, 0.05) is 27.8 Å². The second kappa shape index (κ2) is 6.80. The quantitative estimate of drug-likeness (QED) is 0.606. The minimum Gasteiger partial charge on any atom is -0.362 e. The molecule has 0 bridgehead atoms. The lowest BCUT2D eigenvalue weighted by atomic mass is 10.1. The van der Waals surface area contributed by atoms with Crippen molar-refractivity contribution in [3.63, 3.8) is 0 Å². The molecule has 1 unspecified atom stereocenters. The van der Waals surface area contributed by atoms with Gasteiger partial charge in [-0.15, -0.1) is 11.8 Å². The van der Waals surface area contributed by atoms with Crippen LogP contribution >= 0.6 is 11.8 Å². The molecular formula is C16H24N2S. The van der Waals surface area contributed by atoms with E-state index in [1.165, 1.54) is 0 Å². The summed E-state index contributed by atoms with van der Waals surface area (Å²) in [4.78, 5) is 5.67. The van der Waals surface area contributed by atoms with E-state index in [0.717, 1.165) is 29.1 Å². The summed E-state index contributed by atoms with van der Waals surface area (Å²) in [5.74, 6) is 0. The van der Waals surface area contributed by atoms with E-state index in [9.17, 15) is 0 Å². The van der Waals surface area contributed by atoms with E-state index in [0.29, 0.717) is 5.25 Å². The standard InChI is InChI=1S/C16H24N2S/c1-7-8-14(11-17-16(4,5)6)19-15-10-9-12(2)18-13(15)3/h7-8,11,15,18H,1-3,9-10H2,4-6H3/b14-8+,17-11?. The second-order valence-corrected chi connectivity index (χ2v) is 6.91. The summed E-state index contributed by atoms with van der Waals surface area (Å²) in [5.41, 5.74) is 2.02. The molecule has 3 heteroatoms. The minimum atomic E-state index is -0.0586. The van der Waals surface area contributed by atoms with Crippen LogP contribution in [-0.4, -0.2) is 17.0 Å². The average Bonchev–Trinajstić information content (AvgIpc) is 2.28. The van der Waals surface area contributed by atoms with Gasteiger partial charge < -0.3 is 5.32 Å². The molecule has 0 saturated carbocycles. The Labute approximate surface area is 121 Å². The first-order valence-electron chi connectivity index (χ1n) is 6.50. The third-order valence-corrected chi connectivity index (χ3v) is 3.89. The predicted molar refractivity (Wildman–Crippen MR) is 88.6 cm³/mol.